The Labute approximate surface area is 161 Å². The van der Waals surface area contributed by atoms with Crippen LogP contribution < -0.4 is 5.73 Å². The van der Waals surface area contributed by atoms with E-state index in [1.807, 2.05) is 48.2 Å². The monoisotopic (exact) mass is 364 g/mol. The molecule has 2 aromatic rings. The topological polar surface area (TPSA) is 63.4 Å². The third-order valence-electron chi connectivity index (χ3n) is 5.34. The fourth-order valence-corrected chi connectivity index (χ4v) is 3.94. The van der Waals surface area contributed by atoms with Crippen molar-refractivity contribution in [3.8, 4) is 11.1 Å². The summed E-state index contributed by atoms with van der Waals surface area (Å²) in [4.78, 5) is 26.2. The number of hydrogen-bond acceptors (Lipinski definition) is 2. The summed E-state index contributed by atoms with van der Waals surface area (Å²) < 4.78 is 0. The van der Waals surface area contributed by atoms with Gasteiger partial charge in [0, 0.05) is 24.2 Å². The summed E-state index contributed by atoms with van der Waals surface area (Å²) >= 11 is 0. The van der Waals surface area contributed by atoms with E-state index in [4.69, 9.17) is 5.73 Å². The Hall–Kier alpha value is -2.62. The van der Waals surface area contributed by atoms with Crippen molar-refractivity contribution in [3.63, 3.8) is 0 Å². The number of amides is 2. The van der Waals surface area contributed by atoms with Crippen LogP contribution in [0.3, 0.4) is 0 Å². The third kappa shape index (κ3) is 4.38. The third-order valence-corrected chi connectivity index (χ3v) is 5.34. The number of hydrogen-bond donors (Lipinski definition) is 1. The summed E-state index contributed by atoms with van der Waals surface area (Å²) in [6, 6.07) is 13.1. The Morgan fingerprint density at radius 2 is 1.78 bits per heavy atom. The number of rotatable bonds is 5. The largest absolute Gasteiger partial charge is 0.366 e. The Kier molecular flexibility index (Phi) is 5.64. The van der Waals surface area contributed by atoms with E-state index >= 15 is 0 Å². The fourth-order valence-electron chi connectivity index (χ4n) is 3.94. The van der Waals surface area contributed by atoms with Crippen LogP contribution in [0.4, 0.5) is 0 Å². The molecule has 1 saturated heterocycles. The van der Waals surface area contributed by atoms with E-state index in [0.717, 1.165) is 36.2 Å². The van der Waals surface area contributed by atoms with Crippen molar-refractivity contribution in [1.82, 2.24) is 4.90 Å². The highest BCUT2D eigenvalue weighted by Gasteiger charge is 2.27. The van der Waals surface area contributed by atoms with E-state index in [-0.39, 0.29) is 5.91 Å². The van der Waals surface area contributed by atoms with Crippen molar-refractivity contribution in [2.45, 2.75) is 33.6 Å². The minimum atomic E-state index is -0.437. The van der Waals surface area contributed by atoms with Gasteiger partial charge in [0.25, 0.3) is 5.91 Å². The molecule has 0 bridgehead atoms. The van der Waals surface area contributed by atoms with Gasteiger partial charge in [0.1, 0.15) is 0 Å². The molecule has 2 aromatic carbocycles. The maximum absolute atomic E-state index is 12.8. The van der Waals surface area contributed by atoms with Gasteiger partial charge >= 0.3 is 0 Å². The van der Waals surface area contributed by atoms with Gasteiger partial charge in [0.2, 0.25) is 5.91 Å². The average Bonchev–Trinajstić information content (AvgIpc) is 3.09. The highest BCUT2D eigenvalue weighted by atomic mass is 16.2. The summed E-state index contributed by atoms with van der Waals surface area (Å²) in [5.74, 6) is 0.958. The van der Waals surface area contributed by atoms with Gasteiger partial charge in [-0.25, -0.2) is 0 Å². The average molecular weight is 364 g/mol. The van der Waals surface area contributed by atoms with Crippen LogP contribution in [0.1, 0.15) is 53.0 Å². The number of carbonyl (C=O) groups is 2. The molecule has 2 N–H and O–H groups in total. The van der Waals surface area contributed by atoms with Crippen LogP contribution in [0.2, 0.25) is 0 Å². The standard InChI is InChI=1S/C23H28N2O2/c1-15(2)12-17-10-11-25(14-17)23(27)19-8-6-18(7-9-19)21-13-20(22(24)26)5-4-16(21)3/h4-9,13,15,17H,10-12,14H2,1-3H3,(H2,24,26)/t17-/m0/s1. The van der Waals surface area contributed by atoms with Gasteiger partial charge in [0.15, 0.2) is 0 Å². The SMILES string of the molecule is Cc1ccc(C(N)=O)cc1-c1ccc(C(=O)N2CC[C@@H](CC(C)C)C2)cc1. The molecular formula is C23H28N2O2. The normalized spacial score (nSPS) is 16.7. The van der Waals surface area contributed by atoms with E-state index in [1.165, 1.54) is 6.42 Å². The first-order valence-corrected chi connectivity index (χ1v) is 9.65. The van der Waals surface area contributed by atoms with Crippen LogP contribution in [-0.2, 0) is 0 Å². The van der Waals surface area contributed by atoms with Gasteiger partial charge in [-0.1, -0.05) is 32.0 Å². The number of nitrogens with two attached hydrogens (primary N) is 1. The Morgan fingerprint density at radius 1 is 1.11 bits per heavy atom. The van der Waals surface area contributed by atoms with E-state index in [2.05, 4.69) is 13.8 Å². The summed E-state index contributed by atoms with van der Waals surface area (Å²) in [6.45, 7) is 8.17. The van der Waals surface area contributed by atoms with Crippen LogP contribution in [0, 0.1) is 18.8 Å². The molecule has 0 saturated carbocycles. The molecule has 0 radical (unpaired) electrons. The predicted octanol–water partition coefficient (Wildman–Crippen LogP) is 4.27. The zero-order chi connectivity index (χ0) is 19.6. The summed E-state index contributed by atoms with van der Waals surface area (Å²) in [5, 5.41) is 0. The molecule has 1 aliphatic heterocycles. The number of carbonyl (C=O) groups excluding carboxylic acids is 2. The van der Waals surface area contributed by atoms with Gasteiger partial charge in [-0.05, 0) is 72.6 Å². The van der Waals surface area contributed by atoms with Gasteiger partial charge in [-0.3, -0.25) is 9.59 Å². The van der Waals surface area contributed by atoms with E-state index < -0.39 is 5.91 Å². The molecule has 2 amide bonds. The number of benzene rings is 2. The summed E-state index contributed by atoms with van der Waals surface area (Å²) in [6.07, 6.45) is 2.28. The molecule has 142 valence electrons. The van der Waals surface area contributed by atoms with Crippen LogP contribution in [0.15, 0.2) is 42.5 Å². The maximum atomic E-state index is 12.8. The van der Waals surface area contributed by atoms with Crippen LogP contribution in [-0.4, -0.2) is 29.8 Å². The van der Waals surface area contributed by atoms with Crippen molar-refractivity contribution in [1.29, 1.82) is 0 Å². The number of aryl methyl sites for hydroxylation is 1. The van der Waals surface area contributed by atoms with E-state index in [0.29, 0.717) is 23.0 Å². The smallest absolute Gasteiger partial charge is 0.253 e. The first-order chi connectivity index (χ1) is 12.8. The zero-order valence-corrected chi connectivity index (χ0v) is 16.4. The highest BCUT2D eigenvalue weighted by molar-refractivity contribution is 5.96. The van der Waals surface area contributed by atoms with Crippen LogP contribution in [0.5, 0.6) is 0 Å². The van der Waals surface area contributed by atoms with Crippen molar-refractivity contribution < 1.29 is 9.59 Å². The van der Waals surface area contributed by atoms with Crippen molar-refractivity contribution in [2.75, 3.05) is 13.1 Å². The Bertz CT molecular complexity index is 840. The first kappa shape index (κ1) is 19.2. The fraction of sp³-hybridized carbons (Fsp3) is 0.391. The zero-order valence-electron chi connectivity index (χ0n) is 16.4. The lowest BCUT2D eigenvalue weighted by molar-refractivity contribution is 0.0785. The van der Waals surface area contributed by atoms with E-state index in [9.17, 15) is 9.59 Å². The minimum absolute atomic E-state index is 0.107. The Morgan fingerprint density at radius 3 is 2.41 bits per heavy atom. The van der Waals surface area contributed by atoms with Crippen molar-refractivity contribution in [3.05, 3.63) is 59.2 Å². The summed E-state index contributed by atoms with van der Waals surface area (Å²) in [7, 11) is 0. The number of likely N-dealkylation sites (tertiary alicyclic amines) is 1. The second kappa shape index (κ2) is 7.95. The molecule has 27 heavy (non-hydrogen) atoms. The lowest BCUT2D eigenvalue weighted by Gasteiger charge is -2.18. The molecule has 1 heterocycles. The molecule has 0 aromatic heterocycles. The van der Waals surface area contributed by atoms with Gasteiger partial charge in [-0.15, -0.1) is 0 Å². The van der Waals surface area contributed by atoms with Gasteiger partial charge in [0.05, 0.1) is 0 Å². The summed E-state index contributed by atoms with van der Waals surface area (Å²) in [5.41, 5.74) is 9.61. The van der Waals surface area contributed by atoms with Crippen LogP contribution in [0.25, 0.3) is 11.1 Å². The molecule has 0 aliphatic carbocycles. The molecule has 4 nitrogen and oxygen atoms in total. The molecule has 0 unspecified atom stereocenters. The molecule has 1 fully saturated rings. The molecule has 1 atom stereocenters. The lowest BCUT2D eigenvalue weighted by atomic mass is 9.96. The Balaban J connectivity index is 1.75. The molecule has 0 spiro atoms. The van der Waals surface area contributed by atoms with E-state index in [1.54, 1.807) is 6.07 Å². The lowest BCUT2D eigenvalue weighted by Crippen LogP contribution is -2.28. The second-order valence-corrected chi connectivity index (χ2v) is 8.01. The number of primary amides is 1. The van der Waals surface area contributed by atoms with Gasteiger partial charge < -0.3 is 10.6 Å². The molecule has 4 heteroatoms. The van der Waals surface area contributed by atoms with Crippen LogP contribution >= 0.6 is 0 Å². The van der Waals surface area contributed by atoms with Crippen molar-refractivity contribution >= 4 is 11.8 Å². The highest BCUT2D eigenvalue weighted by Crippen LogP contribution is 2.27. The molecular weight excluding hydrogens is 336 g/mol. The minimum Gasteiger partial charge on any atom is -0.366 e. The molecule has 1 aliphatic rings. The van der Waals surface area contributed by atoms with Crippen molar-refractivity contribution in [2.24, 2.45) is 17.6 Å². The second-order valence-electron chi connectivity index (χ2n) is 8.01. The van der Waals surface area contributed by atoms with Gasteiger partial charge in [-0.2, -0.15) is 0 Å². The quantitative estimate of drug-likeness (QED) is 0.861. The maximum Gasteiger partial charge on any atom is 0.253 e. The molecule has 3 rings (SSSR count). The first-order valence-electron chi connectivity index (χ1n) is 9.65. The number of nitrogens with zero attached hydrogens (tertiary/aromatic N) is 1. The predicted molar refractivity (Wildman–Crippen MR) is 109 cm³/mol.